The molecule has 7 nitrogen and oxygen atoms in total. The molecule has 0 aliphatic carbocycles. The number of carbonyl (C=O) groups is 2. The lowest BCUT2D eigenvalue weighted by Crippen LogP contribution is -2.45. The molecule has 2 aliphatic rings. The minimum atomic E-state index is -0.383. The van der Waals surface area contributed by atoms with Crippen molar-refractivity contribution in [2.45, 2.75) is 62.9 Å². The maximum Gasteiger partial charge on any atom is 0.223 e. The van der Waals surface area contributed by atoms with Crippen LogP contribution in [-0.2, 0) is 16.0 Å². The van der Waals surface area contributed by atoms with Gasteiger partial charge in [-0.05, 0) is 68.4 Å². The predicted molar refractivity (Wildman–Crippen MR) is 130 cm³/mol. The molecule has 2 atom stereocenters. The van der Waals surface area contributed by atoms with Crippen LogP contribution < -0.4 is 10.1 Å². The Morgan fingerprint density at radius 3 is 2.74 bits per heavy atom. The molecule has 2 aromatic carbocycles. The van der Waals surface area contributed by atoms with Gasteiger partial charge in [-0.2, -0.15) is 0 Å². The molecule has 1 aromatic heterocycles. The fourth-order valence-electron chi connectivity index (χ4n) is 5.45. The second kappa shape index (κ2) is 9.49. The zero-order chi connectivity index (χ0) is 23.5. The highest BCUT2D eigenvalue weighted by molar-refractivity contribution is 5.81. The number of fused-ring (bicyclic) bond motifs is 1. The van der Waals surface area contributed by atoms with Gasteiger partial charge >= 0.3 is 0 Å². The minimum absolute atomic E-state index is 0.0237. The van der Waals surface area contributed by atoms with Crippen LogP contribution >= 0.6 is 0 Å². The number of piperidine rings is 1. The van der Waals surface area contributed by atoms with Crippen molar-refractivity contribution in [1.82, 2.24) is 20.2 Å². The van der Waals surface area contributed by atoms with E-state index in [9.17, 15) is 9.59 Å². The van der Waals surface area contributed by atoms with Crippen molar-refractivity contribution in [3.8, 4) is 5.75 Å². The largest absolute Gasteiger partial charge is 0.497 e. The van der Waals surface area contributed by atoms with Crippen molar-refractivity contribution in [2.24, 2.45) is 0 Å². The molecule has 2 aliphatic heterocycles. The van der Waals surface area contributed by atoms with Crippen molar-refractivity contribution in [2.75, 3.05) is 13.7 Å². The van der Waals surface area contributed by atoms with E-state index in [1.807, 2.05) is 53.4 Å². The average Bonchev–Trinajstić information content (AvgIpc) is 3.46. The Morgan fingerprint density at radius 2 is 2.00 bits per heavy atom. The molecule has 0 radical (unpaired) electrons. The van der Waals surface area contributed by atoms with Gasteiger partial charge in [-0.3, -0.25) is 9.59 Å². The molecule has 2 saturated heterocycles. The summed E-state index contributed by atoms with van der Waals surface area (Å²) in [6, 6.07) is 15.9. The molecule has 2 N–H and O–H groups in total. The number of H-pyrrole nitrogens is 1. The second-order valence-electron chi connectivity index (χ2n) is 9.59. The van der Waals surface area contributed by atoms with E-state index < -0.39 is 0 Å². The summed E-state index contributed by atoms with van der Waals surface area (Å²) >= 11 is 0. The Bertz CT molecular complexity index is 1140. The lowest BCUT2D eigenvalue weighted by atomic mass is 9.84. The summed E-state index contributed by atoms with van der Waals surface area (Å²) < 4.78 is 5.27. The van der Waals surface area contributed by atoms with E-state index in [-0.39, 0.29) is 23.4 Å². The Kier molecular flexibility index (Phi) is 6.26. The number of aromatic nitrogens is 2. The lowest BCUT2D eigenvalue weighted by Gasteiger charge is -2.36. The number of rotatable bonds is 7. The van der Waals surface area contributed by atoms with Crippen molar-refractivity contribution >= 4 is 22.8 Å². The summed E-state index contributed by atoms with van der Waals surface area (Å²) in [6.07, 6.45) is 6.02. The number of likely N-dealkylation sites (tertiary alicyclic amines) is 1. The lowest BCUT2D eigenvalue weighted by molar-refractivity contribution is -0.136. The first-order valence-corrected chi connectivity index (χ1v) is 12.2. The number of imidazole rings is 1. The second-order valence-corrected chi connectivity index (χ2v) is 9.59. The van der Waals surface area contributed by atoms with Gasteiger partial charge < -0.3 is 19.9 Å². The molecule has 3 aromatic rings. The molecular weight excluding hydrogens is 428 g/mol. The summed E-state index contributed by atoms with van der Waals surface area (Å²) in [7, 11) is 1.65. The van der Waals surface area contributed by atoms with Crippen LogP contribution in [0.2, 0.25) is 0 Å². The number of nitrogens with one attached hydrogen (secondary N) is 2. The molecule has 0 spiro atoms. The van der Waals surface area contributed by atoms with Gasteiger partial charge in [0.25, 0.3) is 0 Å². The SMILES string of the molecule is COc1ccc(C[C@]2(CCC(=O)N3CCCC[C@H]3c3nc4ccccc4[nH]3)CCC(=O)N2)cc1. The topological polar surface area (TPSA) is 87.3 Å². The Labute approximate surface area is 199 Å². The number of amides is 2. The molecule has 178 valence electrons. The first kappa shape index (κ1) is 22.4. The van der Waals surface area contributed by atoms with Crippen molar-refractivity contribution in [1.29, 1.82) is 0 Å². The third kappa shape index (κ3) is 4.65. The summed E-state index contributed by atoms with van der Waals surface area (Å²) in [6.45, 7) is 0.748. The van der Waals surface area contributed by atoms with Crippen molar-refractivity contribution < 1.29 is 14.3 Å². The van der Waals surface area contributed by atoms with Gasteiger partial charge in [-0.1, -0.05) is 24.3 Å². The van der Waals surface area contributed by atoms with Gasteiger partial charge in [-0.15, -0.1) is 0 Å². The van der Waals surface area contributed by atoms with E-state index in [1.54, 1.807) is 7.11 Å². The van der Waals surface area contributed by atoms with E-state index in [4.69, 9.17) is 9.72 Å². The van der Waals surface area contributed by atoms with Gasteiger partial charge in [0.05, 0.1) is 24.2 Å². The number of nitrogens with zero attached hydrogens (tertiary/aromatic N) is 2. The maximum atomic E-state index is 13.5. The minimum Gasteiger partial charge on any atom is -0.497 e. The van der Waals surface area contributed by atoms with Crippen LogP contribution in [0.5, 0.6) is 5.75 Å². The normalized spacial score (nSPS) is 22.7. The molecule has 0 saturated carbocycles. The molecule has 7 heteroatoms. The quantitative estimate of drug-likeness (QED) is 0.550. The number of carbonyl (C=O) groups excluding carboxylic acids is 2. The smallest absolute Gasteiger partial charge is 0.223 e. The fraction of sp³-hybridized carbons (Fsp3) is 0.444. The number of aromatic amines is 1. The highest BCUT2D eigenvalue weighted by atomic mass is 16.5. The molecule has 0 unspecified atom stereocenters. The number of hydrogen-bond donors (Lipinski definition) is 2. The number of hydrogen-bond acceptors (Lipinski definition) is 4. The van der Waals surface area contributed by atoms with Gasteiger partial charge in [0.2, 0.25) is 11.8 Å². The summed E-state index contributed by atoms with van der Waals surface area (Å²) in [5, 5.41) is 3.20. The molecule has 34 heavy (non-hydrogen) atoms. The van der Waals surface area contributed by atoms with Crippen LogP contribution in [0, 0.1) is 0 Å². The number of ether oxygens (including phenoxy) is 1. The monoisotopic (exact) mass is 460 g/mol. The number of methoxy groups -OCH3 is 1. The Hall–Kier alpha value is -3.35. The molecular formula is C27H32N4O3. The molecule has 5 rings (SSSR count). The first-order chi connectivity index (χ1) is 16.5. The van der Waals surface area contributed by atoms with Gasteiger partial charge in [-0.25, -0.2) is 4.98 Å². The zero-order valence-electron chi connectivity index (χ0n) is 19.7. The van der Waals surface area contributed by atoms with Crippen LogP contribution in [0.4, 0.5) is 0 Å². The average molecular weight is 461 g/mol. The van der Waals surface area contributed by atoms with Gasteiger partial charge in [0, 0.05) is 24.9 Å². The first-order valence-electron chi connectivity index (χ1n) is 12.2. The van der Waals surface area contributed by atoms with Crippen LogP contribution in [-0.4, -0.2) is 45.9 Å². The molecule has 3 heterocycles. The summed E-state index contributed by atoms with van der Waals surface area (Å²) in [5.74, 6) is 1.89. The van der Waals surface area contributed by atoms with Crippen LogP contribution in [0.3, 0.4) is 0 Å². The predicted octanol–water partition coefficient (Wildman–Crippen LogP) is 4.30. The Morgan fingerprint density at radius 1 is 1.18 bits per heavy atom. The van der Waals surface area contributed by atoms with E-state index in [0.717, 1.165) is 60.4 Å². The van der Waals surface area contributed by atoms with E-state index in [2.05, 4.69) is 10.3 Å². The van der Waals surface area contributed by atoms with Gasteiger partial charge in [0.1, 0.15) is 11.6 Å². The highest BCUT2D eigenvalue weighted by Gasteiger charge is 2.39. The van der Waals surface area contributed by atoms with E-state index >= 15 is 0 Å². The van der Waals surface area contributed by atoms with Crippen LogP contribution in [0.25, 0.3) is 11.0 Å². The molecule has 0 bridgehead atoms. The summed E-state index contributed by atoms with van der Waals surface area (Å²) in [5.41, 5.74) is 2.69. The Balaban J connectivity index is 1.30. The van der Waals surface area contributed by atoms with E-state index in [0.29, 0.717) is 25.7 Å². The molecule has 2 fully saturated rings. The number of para-hydroxylation sites is 2. The third-order valence-corrected chi connectivity index (χ3v) is 7.30. The standard InChI is InChI=1S/C27H32N4O3/c1-34-20-11-9-19(10-12-20)18-27(15-13-24(32)30-27)16-14-25(33)31-17-5-4-8-23(31)26-28-21-6-2-3-7-22(21)29-26/h2-3,6-7,9-12,23H,4-5,8,13-18H2,1H3,(H,28,29)(H,30,32)/t23-,27+/m0/s1. The van der Waals surface area contributed by atoms with Crippen LogP contribution in [0.15, 0.2) is 48.5 Å². The summed E-state index contributed by atoms with van der Waals surface area (Å²) in [4.78, 5) is 35.9. The van der Waals surface area contributed by atoms with E-state index in [1.165, 1.54) is 0 Å². The van der Waals surface area contributed by atoms with Gasteiger partial charge in [0.15, 0.2) is 0 Å². The molecule has 2 amide bonds. The van der Waals surface area contributed by atoms with Crippen molar-refractivity contribution in [3.63, 3.8) is 0 Å². The van der Waals surface area contributed by atoms with Crippen LogP contribution in [0.1, 0.15) is 62.4 Å². The van der Waals surface area contributed by atoms with Crippen molar-refractivity contribution in [3.05, 3.63) is 59.9 Å². The number of benzene rings is 2. The third-order valence-electron chi connectivity index (χ3n) is 7.30. The zero-order valence-corrected chi connectivity index (χ0v) is 19.7. The highest BCUT2D eigenvalue weighted by Crippen LogP contribution is 2.34. The fourth-order valence-corrected chi connectivity index (χ4v) is 5.45. The maximum absolute atomic E-state index is 13.5.